The van der Waals surface area contributed by atoms with Gasteiger partial charge in [-0.1, -0.05) is 37.3 Å². The van der Waals surface area contributed by atoms with Gasteiger partial charge < -0.3 is 25.0 Å². The molecule has 0 aliphatic rings. The third kappa shape index (κ3) is 5.38. The first kappa shape index (κ1) is 22.2. The molecule has 3 aromatic carbocycles. The Morgan fingerprint density at radius 1 is 0.871 bits per heavy atom. The molecule has 0 aliphatic carbocycles. The minimum Gasteiger partial charge on any atom is -0.508 e. The molecular formula is C26H29NO4. The maximum Gasteiger partial charge on any atom is 0.161 e. The van der Waals surface area contributed by atoms with Gasteiger partial charge in [-0.25, -0.2) is 0 Å². The second-order valence-electron chi connectivity index (χ2n) is 7.12. The van der Waals surface area contributed by atoms with Crippen molar-refractivity contribution in [2.75, 3.05) is 27.3 Å². The van der Waals surface area contributed by atoms with Crippen molar-refractivity contribution in [3.8, 4) is 23.0 Å². The molecule has 0 aromatic heterocycles. The number of benzene rings is 3. The number of aromatic hydroxyl groups is 2. The molecule has 0 radical (unpaired) electrons. The Hall–Kier alpha value is -3.44. The monoisotopic (exact) mass is 419 g/mol. The van der Waals surface area contributed by atoms with Gasteiger partial charge in [-0.05, 0) is 77.7 Å². The molecule has 0 saturated carbocycles. The van der Waals surface area contributed by atoms with Crippen molar-refractivity contribution in [3.05, 3.63) is 83.4 Å². The second-order valence-corrected chi connectivity index (χ2v) is 7.12. The Balaban J connectivity index is 2.12. The summed E-state index contributed by atoms with van der Waals surface area (Å²) in [6, 6.07) is 20.6. The Morgan fingerprint density at radius 3 is 2.06 bits per heavy atom. The number of hydrogen-bond donors (Lipinski definition) is 3. The van der Waals surface area contributed by atoms with Crippen molar-refractivity contribution in [2.45, 2.75) is 13.3 Å². The van der Waals surface area contributed by atoms with Gasteiger partial charge in [0.15, 0.2) is 11.5 Å². The lowest BCUT2D eigenvalue weighted by Gasteiger charge is -2.18. The van der Waals surface area contributed by atoms with Crippen LogP contribution in [0.25, 0.3) is 11.1 Å². The standard InChI is InChI=1S/C26H29NO4/c1-4-23(20-9-14-24(29)25(17-20)30-3)26(18-5-10-21(28)11-6-18)19-7-12-22(13-8-19)31-16-15-27-2/h5-14,17,27-29H,4,15-16H2,1-3H3. The number of phenols is 2. The molecule has 0 heterocycles. The van der Waals surface area contributed by atoms with Crippen LogP contribution in [0.4, 0.5) is 0 Å². The summed E-state index contributed by atoms with van der Waals surface area (Å²) in [4.78, 5) is 0. The van der Waals surface area contributed by atoms with E-state index in [1.807, 2.05) is 55.6 Å². The molecule has 3 aromatic rings. The van der Waals surface area contributed by atoms with Gasteiger partial charge >= 0.3 is 0 Å². The number of phenolic OH excluding ortho intramolecular Hbond substituents is 2. The average molecular weight is 420 g/mol. The van der Waals surface area contributed by atoms with Crippen LogP contribution in [0, 0.1) is 0 Å². The first-order valence-electron chi connectivity index (χ1n) is 10.3. The lowest BCUT2D eigenvalue weighted by molar-refractivity contribution is 0.318. The quantitative estimate of drug-likeness (QED) is 0.334. The Labute approximate surface area is 183 Å². The molecule has 0 fully saturated rings. The molecule has 0 aliphatic heterocycles. The zero-order valence-electron chi connectivity index (χ0n) is 18.2. The van der Waals surface area contributed by atoms with Crippen LogP contribution in [-0.4, -0.2) is 37.5 Å². The lowest BCUT2D eigenvalue weighted by atomic mass is 9.88. The molecule has 31 heavy (non-hydrogen) atoms. The summed E-state index contributed by atoms with van der Waals surface area (Å²) < 4.78 is 11.1. The van der Waals surface area contributed by atoms with Crippen molar-refractivity contribution < 1.29 is 19.7 Å². The number of ether oxygens (including phenoxy) is 2. The van der Waals surface area contributed by atoms with E-state index in [2.05, 4.69) is 12.2 Å². The van der Waals surface area contributed by atoms with E-state index in [0.717, 1.165) is 46.6 Å². The number of methoxy groups -OCH3 is 1. The van der Waals surface area contributed by atoms with E-state index in [-0.39, 0.29) is 11.5 Å². The number of rotatable bonds is 9. The van der Waals surface area contributed by atoms with Crippen molar-refractivity contribution >= 4 is 11.1 Å². The fourth-order valence-corrected chi connectivity index (χ4v) is 3.52. The highest BCUT2D eigenvalue weighted by atomic mass is 16.5. The van der Waals surface area contributed by atoms with Crippen LogP contribution >= 0.6 is 0 Å². The van der Waals surface area contributed by atoms with Gasteiger partial charge in [0.1, 0.15) is 18.1 Å². The predicted molar refractivity (Wildman–Crippen MR) is 125 cm³/mol. The van der Waals surface area contributed by atoms with Crippen LogP contribution in [0.2, 0.25) is 0 Å². The molecular weight excluding hydrogens is 390 g/mol. The number of hydrogen-bond acceptors (Lipinski definition) is 5. The molecule has 0 bridgehead atoms. The van der Waals surface area contributed by atoms with Gasteiger partial charge in [0.2, 0.25) is 0 Å². The third-order valence-electron chi connectivity index (χ3n) is 5.10. The van der Waals surface area contributed by atoms with Gasteiger partial charge in [0, 0.05) is 6.54 Å². The molecule has 0 saturated heterocycles. The van der Waals surface area contributed by atoms with E-state index < -0.39 is 0 Å². The van der Waals surface area contributed by atoms with Gasteiger partial charge in [0.05, 0.1) is 7.11 Å². The topological polar surface area (TPSA) is 71.0 Å². The summed E-state index contributed by atoms with van der Waals surface area (Å²) in [6.07, 6.45) is 0.768. The zero-order valence-corrected chi connectivity index (χ0v) is 18.2. The van der Waals surface area contributed by atoms with Crippen molar-refractivity contribution in [1.82, 2.24) is 5.32 Å². The van der Waals surface area contributed by atoms with Crippen LogP contribution < -0.4 is 14.8 Å². The summed E-state index contributed by atoms with van der Waals surface area (Å²) in [5.74, 6) is 1.58. The fourth-order valence-electron chi connectivity index (χ4n) is 3.52. The molecule has 5 heteroatoms. The molecule has 0 atom stereocenters. The fraction of sp³-hybridized carbons (Fsp3) is 0.231. The van der Waals surface area contributed by atoms with Crippen LogP contribution in [0.15, 0.2) is 66.7 Å². The Bertz CT molecular complexity index is 1020. The molecule has 3 rings (SSSR count). The van der Waals surface area contributed by atoms with E-state index in [0.29, 0.717) is 12.4 Å². The van der Waals surface area contributed by atoms with Crippen LogP contribution in [0.1, 0.15) is 30.0 Å². The van der Waals surface area contributed by atoms with E-state index in [1.54, 1.807) is 25.3 Å². The largest absolute Gasteiger partial charge is 0.508 e. The minimum absolute atomic E-state index is 0.107. The molecule has 5 nitrogen and oxygen atoms in total. The first-order chi connectivity index (χ1) is 15.1. The first-order valence-corrected chi connectivity index (χ1v) is 10.3. The van der Waals surface area contributed by atoms with Crippen LogP contribution in [-0.2, 0) is 0 Å². The predicted octanol–water partition coefficient (Wildman–Crippen LogP) is 5.07. The van der Waals surface area contributed by atoms with E-state index in [1.165, 1.54) is 0 Å². The Kier molecular flexibility index (Phi) is 7.57. The molecule has 0 spiro atoms. The van der Waals surface area contributed by atoms with Crippen molar-refractivity contribution in [1.29, 1.82) is 0 Å². The zero-order chi connectivity index (χ0) is 22.2. The SMILES string of the molecule is CCC(=C(c1ccc(O)cc1)c1ccc(OCCNC)cc1)c1ccc(O)c(OC)c1. The van der Waals surface area contributed by atoms with Crippen LogP contribution in [0.3, 0.4) is 0 Å². The van der Waals surface area contributed by atoms with Gasteiger partial charge in [-0.3, -0.25) is 0 Å². The average Bonchev–Trinajstić information content (AvgIpc) is 2.79. The Morgan fingerprint density at radius 2 is 1.48 bits per heavy atom. The van der Waals surface area contributed by atoms with Gasteiger partial charge in [-0.2, -0.15) is 0 Å². The molecule has 0 amide bonds. The number of nitrogens with one attached hydrogen (secondary N) is 1. The van der Waals surface area contributed by atoms with Crippen molar-refractivity contribution in [2.24, 2.45) is 0 Å². The van der Waals surface area contributed by atoms with Crippen molar-refractivity contribution in [3.63, 3.8) is 0 Å². The summed E-state index contributed by atoms with van der Waals surface area (Å²) in [5.41, 5.74) is 5.15. The highest BCUT2D eigenvalue weighted by Crippen LogP contribution is 2.38. The van der Waals surface area contributed by atoms with E-state index in [9.17, 15) is 10.2 Å². The molecule has 162 valence electrons. The third-order valence-corrected chi connectivity index (χ3v) is 5.10. The number of likely N-dealkylation sites (N-methyl/N-ethyl adjacent to an activating group) is 1. The highest BCUT2D eigenvalue weighted by Gasteiger charge is 2.15. The summed E-state index contributed by atoms with van der Waals surface area (Å²) >= 11 is 0. The maximum atomic E-state index is 10.0. The normalized spacial score (nSPS) is 11.7. The smallest absolute Gasteiger partial charge is 0.161 e. The summed E-state index contributed by atoms with van der Waals surface area (Å²) in [5, 5.41) is 22.9. The maximum absolute atomic E-state index is 10.0. The summed E-state index contributed by atoms with van der Waals surface area (Å²) in [7, 11) is 3.44. The van der Waals surface area contributed by atoms with E-state index in [4.69, 9.17) is 9.47 Å². The second kappa shape index (κ2) is 10.5. The van der Waals surface area contributed by atoms with E-state index >= 15 is 0 Å². The number of allylic oxidation sites excluding steroid dienone is 1. The van der Waals surface area contributed by atoms with Crippen LogP contribution in [0.5, 0.6) is 23.0 Å². The molecule has 0 unspecified atom stereocenters. The highest BCUT2D eigenvalue weighted by molar-refractivity contribution is 5.98. The van der Waals surface area contributed by atoms with Gasteiger partial charge in [0.25, 0.3) is 0 Å². The lowest BCUT2D eigenvalue weighted by Crippen LogP contribution is -2.15. The molecule has 3 N–H and O–H groups in total. The summed E-state index contributed by atoms with van der Waals surface area (Å²) in [6.45, 7) is 3.48. The van der Waals surface area contributed by atoms with Gasteiger partial charge in [-0.15, -0.1) is 0 Å². The minimum atomic E-state index is 0.107.